The highest BCUT2D eigenvalue weighted by Gasteiger charge is 2.35. The van der Waals surface area contributed by atoms with Crippen molar-refractivity contribution in [3.05, 3.63) is 0 Å². The SMILES string of the molecule is CNC(=O)OC1=NC2CCCOC2S1. The fraction of sp³-hybridized carbons (Fsp3) is 0.750. The van der Waals surface area contributed by atoms with Crippen molar-refractivity contribution >= 4 is 23.1 Å². The first kappa shape index (κ1) is 9.79. The zero-order valence-electron chi connectivity index (χ0n) is 7.86. The molecule has 0 bridgehead atoms. The molecule has 6 heteroatoms. The molecule has 0 spiro atoms. The second-order valence-electron chi connectivity index (χ2n) is 3.10. The summed E-state index contributed by atoms with van der Waals surface area (Å²) in [7, 11) is 1.52. The van der Waals surface area contributed by atoms with E-state index in [0.717, 1.165) is 19.4 Å². The third-order valence-corrected chi connectivity index (χ3v) is 3.19. The molecule has 0 aliphatic carbocycles. The fourth-order valence-corrected chi connectivity index (χ4v) is 2.46. The Labute approximate surface area is 86.2 Å². The Kier molecular flexibility index (Phi) is 2.93. The average molecular weight is 216 g/mol. The minimum absolute atomic E-state index is 0.0448. The van der Waals surface area contributed by atoms with Crippen molar-refractivity contribution in [2.45, 2.75) is 24.3 Å². The van der Waals surface area contributed by atoms with Crippen LogP contribution in [0.1, 0.15) is 12.8 Å². The lowest BCUT2D eigenvalue weighted by Gasteiger charge is -2.22. The molecule has 14 heavy (non-hydrogen) atoms. The van der Waals surface area contributed by atoms with Gasteiger partial charge in [-0.2, -0.15) is 0 Å². The van der Waals surface area contributed by atoms with Crippen LogP contribution in [0.4, 0.5) is 4.79 Å². The Bertz CT molecular complexity index is 269. The number of aliphatic imine (C=N–C) groups is 1. The molecule has 2 atom stereocenters. The van der Waals surface area contributed by atoms with Crippen LogP contribution in [0.15, 0.2) is 4.99 Å². The van der Waals surface area contributed by atoms with Crippen molar-refractivity contribution in [2.75, 3.05) is 13.7 Å². The van der Waals surface area contributed by atoms with E-state index >= 15 is 0 Å². The summed E-state index contributed by atoms with van der Waals surface area (Å²) in [5, 5.41) is 2.79. The predicted molar refractivity (Wildman–Crippen MR) is 53.3 cm³/mol. The fourth-order valence-electron chi connectivity index (χ4n) is 1.42. The summed E-state index contributed by atoms with van der Waals surface area (Å²) in [6, 6.07) is 0.161. The van der Waals surface area contributed by atoms with Crippen LogP contribution in [0.2, 0.25) is 0 Å². The number of carbonyl (C=O) groups excluding carboxylic acids is 1. The number of ether oxygens (including phenoxy) is 2. The van der Waals surface area contributed by atoms with E-state index in [-0.39, 0.29) is 11.5 Å². The molecule has 1 saturated heterocycles. The lowest BCUT2D eigenvalue weighted by atomic mass is 10.1. The van der Waals surface area contributed by atoms with E-state index in [1.54, 1.807) is 0 Å². The second kappa shape index (κ2) is 4.18. The monoisotopic (exact) mass is 216 g/mol. The Morgan fingerprint density at radius 3 is 3.36 bits per heavy atom. The Balaban J connectivity index is 1.92. The summed E-state index contributed by atoms with van der Waals surface area (Å²) in [5.41, 5.74) is 0.0448. The van der Waals surface area contributed by atoms with E-state index in [9.17, 15) is 4.79 Å². The standard InChI is InChI=1S/C8H12N2O3S/c1-9-7(11)13-8-10-5-3-2-4-12-6(5)14-8/h5-6H,2-4H2,1H3,(H,9,11). The molecule has 2 aliphatic heterocycles. The first-order valence-electron chi connectivity index (χ1n) is 4.55. The van der Waals surface area contributed by atoms with Crippen molar-refractivity contribution in [3.8, 4) is 0 Å². The van der Waals surface area contributed by atoms with E-state index in [1.165, 1.54) is 18.8 Å². The number of thioether (sulfide) groups is 1. The summed E-state index contributed by atoms with van der Waals surface area (Å²) in [5.74, 6) is 0. The maximum absolute atomic E-state index is 10.9. The van der Waals surface area contributed by atoms with Gasteiger partial charge in [-0.25, -0.2) is 9.79 Å². The molecule has 78 valence electrons. The molecule has 1 fully saturated rings. The van der Waals surface area contributed by atoms with Gasteiger partial charge >= 0.3 is 6.09 Å². The van der Waals surface area contributed by atoms with Crippen LogP contribution < -0.4 is 5.32 Å². The topological polar surface area (TPSA) is 59.9 Å². The Morgan fingerprint density at radius 2 is 2.64 bits per heavy atom. The summed E-state index contributed by atoms with van der Waals surface area (Å²) in [6.45, 7) is 0.775. The quantitative estimate of drug-likeness (QED) is 0.655. The van der Waals surface area contributed by atoms with Gasteiger partial charge in [-0.05, 0) is 24.6 Å². The van der Waals surface area contributed by atoms with Crippen molar-refractivity contribution in [1.82, 2.24) is 5.32 Å². The van der Waals surface area contributed by atoms with E-state index in [0.29, 0.717) is 5.23 Å². The van der Waals surface area contributed by atoms with Crippen LogP contribution in [-0.2, 0) is 9.47 Å². The number of carbonyl (C=O) groups is 1. The summed E-state index contributed by atoms with van der Waals surface area (Å²) < 4.78 is 10.4. The largest absolute Gasteiger partial charge is 0.414 e. The van der Waals surface area contributed by atoms with Gasteiger partial charge in [0.05, 0.1) is 6.04 Å². The molecule has 5 nitrogen and oxygen atoms in total. The number of hydrogen-bond donors (Lipinski definition) is 1. The lowest BCUT2D eigenvalue weighted by Crippen LogP contribution is -2.26. The number of hydrogen-bond acceptors (Lipinski definition) is 5. The highest BCUT2D eigenvalue weighted by Crippen LogP contribution is 2.33. The zero-order chi connectivity index (χ0) is 9.97. The number of fused-ring (bicyclic) bond motifs is 1. The molecule has 2 unspecified atom stereocenters. The van der Waals surface area contributed by atoms with Crippen molar-refractivity contribution < 1.29 is 14.3 Å². The van der Waals surface area contributed by atoms with Crippen LogP contribution in [0.5, 0.6) is 0 Å². The molecule has 0 aromatic heterocycles. The maximum atomic E-state index is 10.9. The van der Waals surface area contributed by atoms with Gasteiger partial charge in [0.15, 0.2) is 0 Å². The molecule has 1 N–H and O–H groups in total. The smallest absolute Gasteiger partial charge is 0.385 e. The average Bonchev–Trinajstić information content (AvgIpc) is 2.59. The Morgan fingerprint density at radius 1 is 1.79 bits per heavy atom. The van der Waals surface area contributed by atoms with Crippen molar-refractivity contribution in [1.29, 1.82) is 0 Å². The first-order chi connectivity index (χ1) is 6.79. The van der Waals surface area contributed by atoms with E-state index in [1.807, 2.05) is 0 Å². The normalized spacial score (nSPS) is 30.5. The molecular formula is C8H12N2O3S. The van der Waals surface area contributed by atoms with E-state index < -0.39 is 6.09 Å². The van der Waals surface area contributed by atoms with Gasteiger partial charge in [0.2, 0.25) is 0 Å². The van der Waals surface area contributed by atoms with Crippen LogP contribution in [-0.4, -0.2) is 36.5 Å². The molecule has 2 heterocycles. The minimum atomic E-state index is -0.477. The lowest BCUT2D eigenvalue weighted by molar-refractivity contribution is 0.0614. The molecule has 0 radical (unpaired) electrons. The van der Waals surface area contributed by atoms with E-state index in [4.69, 9.17) is 9.47 Å². The summed E-state index contributed by atoms with van der Waals surface area (Å²) in [6.07, 6.45) is 1.56. The zero-order valence-corrected chi connectivity index (χ0v) is 8.67. The maximum Gasteiger partial charge on any atom is 0.414 e. The third-order valence-electron chi connectivity index (χ3n) is 2.11. The summed E-state index contributed by atoms with van der Waals surface area (Å²) >= 11 is 1.38. The van der Waals surface area contributed by atoms with Gasteiger partial charge in [-0.1, -0.05) is 0 Å². The van der Waals surface area contributed by atoms with Gasteiger partial charge in [0.1, 0.15) is 5.44 Å². The second-order valence-corrected chi connectivity index (χ2v) is 4.15. The minimum Gasteiger partial charge on any atom is -0.385 e. The molecule has 0 saturated carbocycles. The molecule has 0 aromatic carbocycles. The van der Waals surface area contributed by atoms with Crippen molar-refractivity contribution in [2.24, 2.45) is 4.99 Å². The predicted octanol–water partition coefficient (Wildman–Crippen LogP) is 0.950. The number of nitrogens with one attached hydrogen (secondary N) is 1. The van der Waals surface area contributed by atoms with Gasteiger partial charge in [-0.3, -0.25) is 0 Å². The van der Waals surface area contributed by atoms with Crippen LogP contribution >= 0.6 is 11.8 Å². The van der Waals surface area contributed by atoms with Gasteiger partial charge in [-0.15, -0.1) is 0 Å². The number of alkyl carbamates (subject to hydrolysis) is 1. The van der Waals surface area contributed by atoms with E-state index in [2.05, 4.69) is 10.3 Å². The number of rotatable bonds is 0. The molecule has 1 amide bonds. The Hall–Kier alpha value is -0.750. The first-order valence-corrected chi connectivity index (χ1v) is 5.43. The van der Waals surface area contributed by atoms with Gasteiger partial charge < -0.3 is 14.8 Å². The molecule has 2 aliphatic rings. The van der Waals surface area contributed by atoms with Crippen LogP contribution in [0.25, 0.3) is 0 Å². The third kappa shape index (κ3) is 2.01. The van der Waals surface area contributed by atoms with Crippen LogP contribution in [0, 0.1) is 0 Å². The summed E-state index contributed by atoms with van der Waals surface area (Å²) in [4.78, 5) is 15.2. The van der Waals surface area contributed by atoms with Gasteiger partial charge in [0, 0.05) is 13.7 Å². The van der Waals surface area contributed by atoms with Gasteiger partial charge in [0.25, 0.3) is 5.23 Å². The number of amides is 1. The number of nitrogens with zero attached hydrogens (tertiary/aromatic N) is 1. The van der Waals surface area contributed by atoms with Crippen LogP contribution in [0.3, 0.4) is 0 Å². The van der Waals surface area contributed by atoms with Crippen molar-refractivity contribution in [3.63, 3.8) is 0 Å². The highest BCUT2D eigenvalue weighted by molar-refractivity contribution is 8.14. The molecule has 2 rings (SSSR count). The molecule has 0 aromatic rings. The molecular weight excluding hydrogens is 204 g/mol. The highest BCUT2D eigenvalue weighted by atomic mass is 32.2.